The van der Waals surface area contributed by atoms with Gasteiger partial charge < -0.3 is 22.8 Å². The van der Waals surface area contributed by atoms with Crippen molar-refractivity contribution in [2.75, 3.05) is 19.0 Å². The first kappa shape index (κ1) is 23.8. The molecule has 0 heterocycles. The predicted octanol–water partition coefficient (Wildman–Crippen LogP) is 0.711. The predicted molar refractivity (Wildman–Crippen MR) is 89.4 cm³/mol. The van der Waals surface area contributed by atoms with Crippen LogP contribution < -0.4 is 17.7 Å². The maximum atomic E-state index is 9.29. The molecule has 0 radical (unpaired) electrons. The molecule has 3 N–H and O–H groups in total. The molecule has 0 amide bonds. The Kier molecular flexibility index (Phi) is 21.0. The van der Waals surface area contributed by atoms with Gasteiger partial charge in [0.05, 0.1) is 12.4 Å². The Labute approximate surface area is 143 Å². The molecule has 0 spiro atoms. The van der Waals surface area contributed by atoms with Gasteiger partial charge in [-0.05, 0) is 18.8 Å². The van der Waals surface area contributed by atoms with E-state index in [1.165, 1.54) is 64.2 Å². The summed E-state index contributed by atoms with van der Waals surface area (Å²) in [5, 5.41) is 11.5. The van der Waals surface area contributed by atoms with E-state index in [1.807, 2.05) is 0 Å². The van der Waals surface area contributed by atoms with Gasteiger partial charge in [-0.3, -0.25) is 0 Å². The Morgan fingerprint density at radius 3 is 1.81 bits per heavy atom. The molecule has 4 heteroatoms. The molecule has 0 aromatic heterocycles. The van der Waals surface area contributed by atoms with Crippen LogP contribution >= 0.6 is 11.6 Å². The molecule has 0 fully saturated rings. The first-order chi connectivity index (χ1) is 9.66. The van der Waals surface area contributed by atoms with E-state index in [9.17, 15) is 5.11 Å². The summed E-state index contributed by atoms with van der Waals surface area (Å²) in [4.78, 5) is 0. The Bertz CT molecular complexity index is 192. The highest BCUT2D eigenvalue weighted by atomic mass is 35.5. The lowest BCUT2D eigenvalue weighted by Gasteiger charge is -2.06. The zero-order valence-electron chi connectivity index (χ0n) is 14.1. The number of hydrogen-bond donors (Lipinski definition) is 2. The number of quaternary nitrogens is 1. The normalized spacial score (nSPS) is 12.4. The van der Waals surface area contributed by atoms with E-state index >= 15 is 0 Å². The molecular weight excluding hydrogens is 305 g/mol. The highest BCUT2D eigenvalue weighted by molar-refractivity contribution is 6.18. The summed E-state index contributed by atoms with van der Waals surface area (Å²) in [6.07, 6.45) is 13.5. The van der Waals surface area contributed by atoms with Gasteiger partial charge >= 0.3 is 0 Å². The molecule has 0 saturated carbocycles. The minimum Gasteiger partial charge on any atom is -1.00 e. The smallest absolute Gasteiger partial charge is 0.116 e. The van der Waals surface area contributed by atoms with Gasteiger partial charge in [0.1, 0.15) is 12.6 Å². The van der Waals surface area contributed by atoms with Gasteiger partial charge in [0, 0.05) is 0 Å². The number of alkyl halides is 1. The van der Waals surface area contributed by atoms with E-state index in [0.29, 0.717) is 5.88 Å². The van der Waals surface area contributed by atoms with Crippen LogP contribution in [-0.2, 0) is 0 Å². The molecule has 0 saturated heterocycles. The maximum Gasteiger partial charge on any atom is 0.116 e. The average molecular weight is 342 g/mol. The van der Waals surface area contributed by atoms with E-state index in [1.54, 1.807) is 0 Å². The monoisotopic (exact) mass is 341 g/mol. The fourth-order valence-corrected chi connectivity index (χ4v) is 2.58. The van der Waals surface area contributed by atoms with Gasteiger partial charge in [-0.25, -0.2) is 0 Å². The van der Waals surface area contributed by atoms with Crippen molar-refractivity contribution in [3.8, 4) is 0 Å². The Hall–Kier alpha value is 0.500. The van der Waals surface area contributed by atoms with Crippen molar-refractivity contribution < 1.29 is 22.8 Å². The highest BCUT2D eigenvalue weighted by Gasteiger charge is 2.02. The molecule has 0 rings (SSSR count). The van der Waals surface area contributed by atoms with Gasteiger partial charge in [-0.2, -0.15) is 0 Å². The molecule has 2 nitrogen and oxygen atoms in total. The second-order valence-electron chi connectivity index (χ2n) is 6.49. The van der Waals surface area contributed by atoms with Crippen LogP contribution in [0.3, 0.4) is 0 Å². The van der Waals surface area contributed by atoms with Crippen LogP contribution in [0.25, 0.3) is 0 Å². The Morgan fingerprint density at radius 2 is 1.33 bits per heavy atom. The standard InChI is InChI=1S/C17H36ClNO.ClH/c1-16(2)12-10-8-6-4-3-5-7-9-11-13-19-15-17(20)14-18;/h16-17,19-20H,3-15H2,1-2H3;1H. The number of halogens is 2. The van der Waals surface area contributed by atoms with Crippen molar-refractivity contribution in [1.82, 2.24) is 0 Å². The quantitative estimate of drug-likeness (QED) is 0.334. The van der Waals surface area contributed by atoms with Gasteiger partial charge in [0.15, 0.2) is 0 Å². The van der Waals surface area contributed by atoms with Crippen LogP contribution in [0.2, 0.25) is 0 Å². The lowest BCUT2D eigenvalue weighted by atomic mass is 10.0. The van der Waals surface area contributed by atoms with Gasteiger partial charge in [-0.15, -0.1) is 11.6 Å². The van der Waals surface area contributed by atoms with Crippen molar-refractivity contribution in [3.05, 3.63) is 0 Å². The van der Waals surface area contributed by atoms with Gasteiger partial charge in [0.25, 0.3) is 0 Å². The van der Waals surface area contributed by atoms with E-state index in [2.05, 4.69) is 19.2 Å². The number of nitrogens with two attached hydrogens (primary N) is 1. The van der Waals surface area contributed by atoms with Crippen LogP contribution in [0.5, 0.6) is 0 Å². The van der Waals surface area contributed by atoms with Crippen LogP contribution in [0.4, 0.5) is 0 Å². The zero-order valence-corrected chi connectivity index (χ0v) is 15.6. The number of hydrogen-bond acceptors (Lipinski definition) is 1. The fourth-order valence-electron chi connectivity index (χ4n) is 2.45. The second-order valence-corrected chi connectivity index (χ2v) is 6.79. The number of rotatable bonds is 15. The van der Waals surface area contributed by atoms with Crippen molar-refractivity contribution in [2.24, 2.45) is 5.92 Å². The van der Waals surface area contributed by atoms with Gasteiger partial charge in [-0.1, -0.05) is 65.2 Å². The summed E-state index contributed by atoms with van der Waals surface area (Å²) in [6.45, 7) is 6.50. The third-order valence-corrected chi connectivity index (χ3v) is 4.16. The van der Waals surface area contributed by atoms with Crippen LogP contribution in [-0.4, -0.2) is 30.2 Å². The third-order valence-electron chi connectivity index (χ3n) is 3.81. The topological polar surface area (TPSA) is 36.8 Å². The summed E-state index contributed by atoms with van der Waals surface area (Å²) in [5.74, 6) is 1.23. The highest BCUT2D eigenvalue weighted by Crippen LogP contribution is 2.12. The molecular formula is C17H37Cl2NO. The number of aliphatic hydroxyl groups is 1. The fraction of sp³-hybridized carbons (Fsp3) is 1.00. The van der Waals surface area contributed by atoms with Gasteiger partial charge in [0.2, 0.25) is 0 Å². The summed E-state index contributed by atoms with van der Waals surface area (Å²) in [5.41, 5.74) is 0. The Morgan fingerprint density at radius 1 is 0.857 bits per heavy atom. The lowest BCUT2D eigenvalue weighted by molar-refractivity contribution is -0.660. The molecule has 1 atom stereocenters. The zero-order chi connectivity index (χ0) is 15.1. The van der Waals surface area contributed by atoms with Crippen molar-refractivity contribution >= 4 is 11.6 Å². The molecule has 0 aliphatic heterocycles. The summed E-state index contributed by atoms with van der Waals surface area (Å²) >= 11 is 5.54. The largest absolute Gasteiger partial charge is 1.00 e. The van der Waals surface area contributed by atoms with Crippen molar-refractivity contribution in [1.29, 1.82) is 0 Å². The first-order valence-electron chi connectivity index (χ1n) is 8.72. The summed E-state index contributed by atoms with van der Waals surface area (Å²) < 4.78 is 0. The average Bonchev–Trinajstić information content (AvgIpc) is 2.43. The van der Waals surface area contributed by atoms with E-state index in [-0.39, 0.29) is 18.5 Å². The van der Waals surface area contributed by atoms with E-state index in [0.717, 1.165) is 19.0 Å². The summed E-state index contributed by atoms with van der Waals surface area (Å²) in [7, 11) is 0. The van der Waals surface area contributed by atoms with Crippen molar-refractivity contribution in [3.63, 3.8) is 0 Å². The molecule has 0 aliphatic carbocycles. The number of unbranched alkanes of at least 4 members (excludes halogenated alkanes) is 8. The second kappa shape index (κ2) is 18.5. The van der Waals surface area contributed by atoms with Crippen LogP contribution in [0.15, 0.2) is 0 Å². The van der Waals surface area contributed by atoms with Crippen LogP contribution in [0.1, 0.15) is 78.1 Å². The molecule has 0 bridgehead atoms. The minimum absolute atomic E-state index is 0. The van der Waals surface area contributed by atoms with Crippen molar-refractivity contribution in [2.45, 2.75) is 84.2 Å². The summed E-state index contributed by atoms with van der Waals surface area (Å²) in [6, 6.07) is 0. The Balaban J connectivity index is 0. The molecule has 0 aromatic carbocycles. The van der Waals surface area contributed by atoms with E-state index in [4.69, 9.17) is 11.6 Å². The minimum atomic E-state index is -0.340. The molecule has 21 heavy (non-hydrogen) atoms. The first-order valence-corrected chi connectivity index (χ1v) is 9.26. The molecule has 130 valence electrons. The number of aliphatic hydroxyl groups excluding tert-OH is 1. The molecule has 1 unspecified atom stereocenters. The van der Waals surface area contributed by atoms with Crippen LogP contribution in [0, 0.1) is 5.92 Å². The maximum absolute atomic E-state index is 9.29. The molecule has 0 aliphatic rings. The lowest BCUT2D eigenvalue weighted by Crippen LogP contribution is -3.00. The SMILES string of the molecule is CC(C)CCCCCCCCCCC[NH2+]CC(O)CCl.[Cl-]. The molecule has 0 aromatic rings. The van der Waals surface area contributed by atoms with E-state index < -0.39 is 0 Å². The third kappa shape index (κ3) is 20.5.